The van der Waals surface area contributed by atoms with E-state index < -0.39 is 11.7 Å². The molecule has 0 radical (unpaired) electrons. The zero-order chi connectivity index (χ0) is 15.0. The van der Waals surface area contributed by atoms with E-state index in [9.17, 15) is 13.2 Å². The summed E-state index contributed by atoms with van der Waals surface area (Å²) in [6.45, 7) is 0. The molecule has 7 heteroatoms. The Labute approximate surface area is 120 Å². The molecule has 1 aliphatic carbocycles. The van der Waals surface area contributed by atoms with Gasteiger partial charge in [-0.25, -0.2) is 4.98 Å². The lowest BCUT2D eigenvalue weighted by molar-refractivity contribution is -0.137. The number of aryl methyl sites for hydroxylation is 2. The Morgan fingerprint density at radius 2 is 2.14 bits per heavy atom. The summed E-state index contributed by atoms with van der Waals surface area (Å²) in [5.74, 6) is 0.449. The summed E-state index contributed by atoms with van der Waals surface area (Å²) in [5, 5.41) is 7.59. The van der Waals surface area contributed by atoms with Crippen molar-refractivity contribution in [2.24, 2.45) is 7.05 Å². The van der Waals surface area contributed by atoms with Gasteiger partial charge in [0.05, 0.1) is 17.3 Å². The second-order valence-corrected chi connectivity index (χ2v) is 5.22. The van der Waals surface area contributed by atoms with Gasteiger partial charge in [-0.3, -0.25) is 4.68 Å². The van der Waals surface area contributed by atoms with E-state index in [1.165, 1.54) is 6.07 Å². The summed E-state index contributed by atoms with van der Waals surface area (Å²) in [6, 6.07) is 2.46. The van der Waals surface area contributed by atoms with E-state index in [1.807, 2.05) is 13.2 Å². The van der Waals surface area contributed by atoms with E-state index >= 15 is 0 Å². The van der Waals surface area contributed by atoms with Crippen LogP contribution in [0.5, 0.6) is 0 Å². The number of nitrogens with zero attached hydrogens (tertiary/aromatic N) is 3. The van der Waals surface area contributed by atoms with Gasteiger partial charge in [-0.2, -0.15) is 18.3 Å². The molecule has 2 aromatic heterocycles. The quantitative estimate of drug-likeness (QED) is 0.924. The monoisotopic (exact) mass is 296 g/mol. The summed E-state index contributed by atoms with van der Waals surface area (Å²) < 4.78 is 39.3. The van der Waals surface area contributed by atoms with Crippen molar-refractivity contribution in [3.05, 3.63) is 41.3 Å². The van der Waals surface area contributed by atoms with Gasteiger partial charge >= 0.3 is 6.18 Å². The highest BCUT2D eigenvalue weighted by atomic mass is 19.4. The molecule has 0 bridgehead atoms. The first kappa shape index (κ1) is 13.9. The zero-order valence-corrected chi connectivity index (χ0v) is 11.5. The van der Waals surface area contributed by atoms with Crippen LogP contribution >= 0.6 is 0 Å². The maximum absolute atomic E-state index is 12.5. The van der Waals surface area contributed by atoms with E-state index in [-0.39, 0.29) is 6.04 Å². The molecule has 1 unspecified atom stereocenters. The first-order valence-electron chi connectivity index (χ1n) is 6.75. The average Bonchev–Trinajstić information content (AvgIpc) is 2.80. The van der Waals surface area contributed by atoms with Crippen molar-refractivity contribution < 1.29 is 13.2 Å². The Kier molecular flexibility index (Phi) is 3.35. The first-order chi connectivity index (χ1) is 9.93. The molecule has 4 nitrogen and oxygen atoms in total. The molecule has 3 rings (SSSR count). The molecule has 0 aromatic carbocycles. The molecule has 1 atom stereocenters. The van der Waals surface area contributed by atoms with Crippen LogP contribution in [0.4, 0.5) is 19.0 Å². The topological polar surface area (TPSA) is 42.7 Å². The van der Waals surface area contributed by atoms with Crippen molar-refractivity contribution in [3.8, 4) is 0 Å². The number of aromatic nitrogens is 3. The first-order valence-corrected chi connectivity index (χ1v) is 6.75. The van der Waals surface area contributed by atoms with Crippen molar-refractivity contribution in [2.75, 3.05) is 5.32 Å². The van der Waals surface area contributed by atoms with Crippen LogP contribution in [-0.4, -0.2) is 14.8 Å². The van der Waals surface area contributed by atoms with Crippen molar-refractivity contribution in [1.29, 1.82) is 0 Å². The van der Waals surface area contributed by atoms with Gasteiger partial charge in [0, 0.05) is 25.0 Å². The van der Waals surface area contributed by atoms with E-state index in [4.69, 9.17) is 0 Å². The Morgan fingerprint density at radius 1 is 1.33 bits per heavy atom. The van der Waals surface area contributed by atoms with Crippen molar-refractivity contribution in [1.82, 2.24) is 14.8 Å². The number of hydrogen-bond acceptors (Lipinski definition) is 3. The molecule has 0 spiro atoms. The maximum Gasteiger partial charge on any atom is 0.417 e. The lowest BCUT2D eigenvalue weighted by Gasteiger charge is -2.23. The average molecular weight is 296 g/mol. The third kappa shape index (κ3) is 2.86. The number of anilines is 1. The third-order valence-corrected chi connectivity index (χ3v) is 3.63. The predicted octanol–water partition coefficient (Wildman–Crippen LogP) is 3.32. The van der Waals surface area contributed by atoms with Gasteiger partial charge < -0.3 is 5.32 Å². The van der Waals surface area contributed by atoms with E-state index in [0.717, 1.165) is 42.8 Å². The number of pyridine rings is 1. The minimum absolute atomic E-state index is 0.0479. The number of rotatable bonds is 2. The number of alkyl halides is 3. The van der Waals surface area contributed by atoms with Gasteiger partial charge in [0.1, 0.15) is 5.82 Å². The molecule has 0 aliphatic heterocycles. The molecule has 0 saturated heterocycles. The largest absolute Gasteiger partial charge is 0.417 e. The summed E-state index contributed by atoms with van der Waals surface area (Å²) in [7, 11) is 1.87. The Hall–Kier alpha value is -2.05. The van der Waals surface area contributed by atoms with E-state index in [2.05, 4.69) is 15.4 Å². The summed E-state index contributed by atoms with van der Waals surface area (Å²) >= 11 is 0. The van der Waals surface area contributed by atoms with Gasteiger partial charge in [-0.05, 0) is 31.4 Å². The van der Waals surface area contributed by atoms with Crippen LogP contribution in [0.25, 0.3) is 0 Å². The van der Waals surface area contributed by atoms with Crippen LogP contribution in [0, 0.1) is 0 Å². The van der Waals surface area contributed by atoms with E-state index in [0.29, 0.717) is 5.82 Å². The molecule has 0 saturated carbocycles. The normalized spacial score (nSPS) is 18.4. The van der Waals surface area contributed by atoms with Crippen LogP contribution in [0.15, 0.2) is 24.5 Å². The highest BCUT2D eigenvalue weighted by molar-refractivity contribution is 5.41. The fraction of sp³-hybridized carbons (Fsp3) is 0.429. The number of halogens is 3. The smallest absolute Gasteiger partial charge is 0.363 e. The summed E-state index contributed by atoms with van der Waals surface area (Å²) in [6.07, 6.45) is 1.32. The second-order valence-electron chi connectivity index (χ2n) is 5.22. The van der Waals surface area contributed by atoms with Crippen molar-refractivity contribution in [3.63, 3.8) is 0 Å². The Morgan fingerprint density at radius 3 is 2.81 bits per heavy atom. The standard InChI is InChI=1S/C14H15F3N4/c1-21-8-10-11(3-2-4-12(10)20-21)19-13-6-5-9(7-18-13)14(15,16)17/h5-8,11H,2-4H2,1H3,(H,18,19). The highest BCUT2D eigenvalue weighted by Gasteiger charge is 2.31. The Bertz CT molecular complexity index is 631. The molecule has 0 fully saturated rings. The number of hydrogen-bond donors (Lipinski definition) is 1. The second kappa shape index (κ2) is 5.05. The fourth-order valence-corrected chi connectivity index (χ4v) is 2.64. The lowest BCUT2D eigenvalue weighted by Crippen LogP contribution is -2.17. The van der Waals surface area contributed by atoms with Gasteiger partial charge in [-0.15, -0.1) is 0 Å². The van der Waals surface area contributed by atoms with Crippen LogP contribution in [0.3, 0.4) is 0 Å². The van der Waals surface area contributed by atoms with Gasteiger partial charge in [0.2, 0.25) is 0 Å². The molecular weight excluding hydrogens is 281 g/mol. The maximum atomic E-state index is 12.5. The molecule has 2 heterocycles. The zero-order valence-electron chi connectivity index (χ0n) is 11.5. The SMILES string of the molecule is Cn1cc2c(n1)CCCC2Nc1ccc(C(F)(F)F)cn1. The number of nitrogens with one attached hydrogen (secondary N) is 1. The van der Waals surface area contributed by atoms with Crippen LogP contribution in [0.2, 0.25) is 0 Å². The summed E-state index contributed by atoms with van der Waals surface area (Å²) in [5.41, 5.74) is 1.41. The van der Waals surface area contributed by atoms with Crippen LogP contribution < -0.4 is 5.32 Å². The minimum atomic E-state index is -4.35. The van der Waals surface area contributed by atoms with Crippen LogP contribution in [-0.2, 0) is 19.6 Å². The van der Waals surface area contributed by atoms with E-state index in [1.54, 1.807) is 4.68 Å². The molecule has 1 aliphatic rings. The van der Waals surface area contributed by atoms with Gasteiger partial charge in [0.15, 0.2) is 0 Å². The molecule has 0 amide bonds. The highest BCUT2D eigenvalue weighted by Crippen LogP contribution is 2.32. The molecular formula is C14H15F3N4. The minimum Gasteiger partial charge on any atom is -0.363 e. The Balaban J connectivity index is 1.78. The molecule has 1 N–H and O–H groups in total. The number of fused-ring (bicyclic) bond motifs is 1. The molecule has 2 aromatic rings. The molecule has 112 valence electrons. The summed E-state index contributed by atoms with van der Waals surface area (Å²) in [4.78, 5) is 3.86. The fourth-order valence-electron chi connectivity index (χ4n) is 2.64. The van der Waals surface area contributed by atoms with Crippen molar-refractivity contribution in [2.45, 2.75) is 31.5 Å². The predicted molar refractivity (Wildman–Crippen MR) is 71.7 cm³/mol. The van der Waals surface area contributed by atoms with Gasteiger partial charge in [0.25, 0.3) is 0 Å². The van der Waals surface area contributed by atoms with Gasteiger partial charge in [-0.1, -0.05) is 0 Å². The molecule has 21 heavy (non-hydrogen) atoms. The third-order valence-electron chi connectivity index (χ3n) is 3.63. The lowest BCUT2D eigenvalue weighted by atomic mass is 9.93. The van der Waals surface area contributed by atoms with Crippen LogP contribution in [0.1, 0.15) is 35.7 Å². The van der Waals surface area contributed by atoms with Crippen molar-refractivity contribution >= 4 is 5.82 Å².